The van der Waals surface area contributed by atoms with Crippen LogP contribution in [-0.4, -0.2) is 12.6 Å². The topological polar surface area (TPSA) is 35.8 Å². The van der Waals surface area contributed by atoms with Crippen LogP contribution in [0.15, 0.2) is 0 Å². The maximum Gasteiger partial charge on any atom is 0.102 e. The Morgan fingerprint density at radius 1 is 1.50 bits per heavy atom. The van der Waals surface area contributed by atoms with E-state index >= 15 is 0 Å². The first-order chi connectivity index (χ1) is 5.52. The number of nitrogens with zero attached hydrogens (tertiary/aromatic N) is 1. The Hall–Kier alpha value is -0.550. The SMILES string of the molecule is CC(C)(C)[C@@]12C[C@@H]1CN[C@@H]2C#N. The minimum absolute atomic E-state index is 0.0995. The van der Waals surface area contributed by atoms with Crippen molar-refractivity contribution in [2.24, 2.45) is 16.7 Å². The van der Waals surface area contributed by atoms with E-state index in [2.05, 4.69) is 32.2 Å². The average molecular weight is 164 g/mol. The molecule has 1 saturated carbocycles. The number of fused-ring (bicyclic) bond motifs is 1. The predicted octanol–water partition coefficient (Wildman–Crippen LogP) is 1.53. The van der Waals surface area contributed by atoms with Gasteiger partial charge < -0.3 is 5.32 Å². The van der Waals surface area contributed by atoms with Crippen molar-refractivity contribution >= 4 is 0 Å². The van der Waals surface area contributed by atoms with Crippen LogP contribution in [-0.2, 0) is 0 Å². The largest absolute Gasteiger partial charge is 0.301 e. The van der Waals surface area contributed by atoms with Crippen LogP contribution < -0.4 is 5.32 Å². The molecule has 3 atom stereocenters. The van der Waals surface area contributed by atoms with E-state index in [-0.39, 0.29) is 11.5 Å². The van der Waals surface area contributed by atoms with E-state index in [1.54, 1.807) is 0 Å². The maximum absolute atomic E-state index is 8.98. The van der Waals surface area contributed by atoms with Crippen molar-refractivity contribution in [2.75, 3.05) is 6.54 Å². The summed E-state index contributed by atoms with van der Waals surface area (Å²) in [5.74, 6) is 0.766. The Bertz CT molecular complexity index is 246. The summed E-state index contributed by atoms with van der Waals surface area (Å²) in [6.45, 7) is 7.81. The minimum Gasteiger partial charge on any atom is -0.301 e. The number of nitriles is 1. The number of piperidine rings is 1. The molecule has 1 aliphatic heterocycles. The first-order valence-corrected chi connectivity index (χ1v) is 4.65. The zero-order valence-corrected chi connectivity index (χ0v) is 8.02. The second kappa shape index (κ2) is 2.03. The molecule has 1 N–H and O–H groups in total. The van der Waals surface area contributed by atoms with E-state index in [1.807, 2.05) is 0 Å². The third kappa shape index (κ3) is 0.728. The number of hydrogen-bond donors (Lipinski definition) is 1. The fourth-order valence-electron chi connectivity index (χ4n) is 2.91. The molecule has 1 aliphatic carbocycles. The normalized spacial score (nSPS) is 45.2. The van der Waals surface area contributed by atoms with Crippen molar-refractivity contribution < 1.29 is 0 Å². The summed E-state index contributed by atoms with van der Waals surface area (Å²) in [7, 11) is 0. The van der Waals surface area contributed by atoms with Gasteiger partial charge in [-0.25, -0.2) is 0 Å². The lowest BCUT2D eigenvalue weighted by atomic mass is 9.73. The predicted molar refractivity (Wildman–Crippen MR) is 47.4 cm³/mol. The Morgan fingerprint density at radius 3 is 2.50 bits per heavy atom. The lowest BCUT2D eigenvalue weighted by molar-refractivity contribution is 0.192. The monoisotopic (exact) mass is 164 g/mol. The molecule has 1 saturated heterocycles. The standard InChI is InChI=1S/C10H16N2/c1-9(2,3)10-4-7(10)6-12-8(10)5-11/h7-8,12H,4,6H2,1-3H3/t7-,8-,10+/m1/s1. The van der Waals surface area contributed by atoms with E-state index in [0.717, 1.165) is 12.5 Å². The van der Waals surface area contributed by atoms with Crippen LogP contribution in [0.25, 0.3) is 0 Å². The fraction of sp³-hybridized carbons (Fsp3) is 0.900. The van der Waals surface area contributed by atoms with Crippen LogP contribution in [0.5, 0.6) is 0 Å². The first kappa shape index (κ1) is 8.07. The molecule has 0 radical (unpaired) electrons. The summed E-state index contributed by atoms with van der Waals surface area (Å²) >= 11 is 0. The van der Waals surface area contributed by atoms with Crippen molar-refractivity contribution in [3.63, 3.8) is 0 Å². The number of hydrogen-bond acceptors (Lipinski definition) is 2. The van der Waals surface area contributed by atoms with Crippen LogP contribution in [0, 0.1) is 28.1 Å². The van der Waals surface area contributed by atoms with Crippen LogP contribution >= 0.6 is 0 Å². The van der Waals surface area contributed by atoms with E-state index in [9.17, 15) is 0 Å². The van der Waals surface area contributed by atoms with Crippen LogP contribution in [0.1, 0.15) is 27.2 Å². The zero-order chi connectivity index (χ0) is 8.98. The van der Waals surface area contributed by atoms with Crippen molar-refractivity contribution in [1.29, 1.82) is 5.26 Å². The molecular formula is C10H16N2. The van der Waals surface area contributed by atoms with Gasteiger partial charge in [-0.2, -0.15) is 5.26 Å². The molecule has 2 heteroatoms. The molecule has 66 valence electrons. The molecule has 0 aromatic carbocycles. The molecule has 2 fully saturated rings. The van der Waals surface area contributed by atoms with Gasteiger partial charge in [0.15, 0.2) is 0 Å². The summed E-state index contributed by atoms with van der Waals surface area (Å²) in [6.07, 6.45) is 1.25. The highest BCUT2D eigenvalue weighted by Gasteiger charge is 2.68. The molecule has 0 aromatic heterocycles. The van der Waals surface area contributed by atoms with E-state index in [0.29, 0.717) is 5.41 Å². The summed E-state index contributed by atoms with van der Waals surface area (Å²) in [5.41, 5.74) is 0.573. The molecular weight excluding hydrogens is 148 g/mol. The number of rotatable bonds is 0. The second-order valence-electron chi connectivity index (χ2n) is 5.16. The van der Waals surface area contributed by atoms with Crippen molar-refractivity contribution in [1.82, 2.24) is 5.32 Å². The second-order valence-corrected chi connectivity index (χ2v) is 5.16. The molecule has 0 amide bonds. The van der Waals surface area contributed by atoms with Gasteiger partial charge in [0.1, 0.15) is 6.04 Å². The Labute approximate surface area is 74.0 Å². The van der Waals surface area contributed by atoms with Crippen molar-refractivity contribution in [3.05, 3.63) is 0 Å². The molecule has 0 aromatic rings. The van der Waals surface area contributed by atoms with Gasteiger partial charge in [-0.05, 0) is 24.3 Å². The van der Waals surface area contributed by atoms with Gasteiger partial charge in [-0.1, -0.05) is 20.8 Å². The highest BCUT2D eigenvalue weighted by Crippen LogP contribution is 2.67. The van der Waals surface area contributed by atoms with E-state index in [4.69, 9.17) is 5.26 Å². The van der Waals surface area contributed by atoms with Crippen molar-refractivity contribution in [2.45, 2.75) is 33.2 Å². The lowest BCUT2D eigenvalue weighted by Crippen LogP contribution is -2.38. The van der Waals surface area contributed by atoms with Gasteiger partial charge in [-0.15, -0.1) is 0 Å². The maximum atomic E-state index is 8.98. The smallest absolute Gasteiger partial charge is 0.102 e. The van der Waals surface area contributed by atoms with Gasteiger partial charge in [0, 0.05) is 5.41 Å². The molecule has 2 aliphatic rings. The first-order valence-electron chi connectivity index (χ1n) is 4.65. The van der Waals surface area contributed by atoms with Crippen LogP contribution in [0.2, 0.25) is 0 Å². The van der Waals surface area contributed by atoms with Crippen LogP contribution in [0.4, 0.5) is 0 Å². The molecule has 12 heavy (non-hydrogen) atoms. The number of nitrogens with one attached hydrogen (secondary N) is 1. The van der Waals surface area contributed by atoms with Crippen molar-refractivity contribution in [3.8, 4) is 6.07 Å². The fourth-order valence-corrected chi connectivity index (χ4v) is 2.91. The molecule has 0 spiro atoms. The zero-order valence-electron chi connectivity index (χ0n) is 8.02. The summed E-state index contributed by atoms with van der Waals surface area (Å²) in [6, 6.07) is 2.49. The Balaban J connectivity index is 2.29. The minimum atomic E-state index is 0.0995. The summed E-state index contributed by atoms with van der Waals surface area (Å²) < 4.78 is 0. The summed E-state index contributed by atoms with van der Waals surface area (Å²) in [4.78, 5) is 0. The third-order valence-electron chi connectivity index (χ3n) is 3.76. The molecule has 2 nitrogen and oxygen atoms in total. The Morgan fingerprint density at radius 2 is 2.17 bits per heavy atom. The van der Waals surface area contributed by atoms with Gasteiger partial charge >= 0.3 is 0 Å². The highest BCUT2D eigenvalue weighted by atomic mass is 15.0. The molecule has 1 heterocycles. The van der Waals surface area contributed by atoms with Gasteiger partial charge in [-0.3, -0.25) is 0 Å². The molecule has 2 rings (SSSR count). The molecule has 0 unspecified atom stereocenters. The van der Waals surface area contributed by atoms with E-state index in [1.165, 1.54) is 6.42 Å². The summed E-state index contributed by atoms with van der Waals surface area (Å²) in [5, 5.41) is 12.3. The van der Waals surface area contributed by atoms with Gasteiger partial charge in [0.2, 0.25) is 0 Å². The van der Waals surface area contributed by atoms with Gasteiger partial charge in [0.25, 0.3) is 0 Å². The lowest BCUT2D eigenvalue weighted by Gasteiger charge is -2.32. The van der Waals surface area contributed by atoms with Gasteiger partial charge in [0.05, 0.1) is 6.07 Å². The highest BCUT2D eigenvalue weighted by molar-refractivity contribution is 5.25. The van der Waals surface area contributed by atoms with E-state index < -0.39 is 0 Å². The van der Waals surface area contributed by atoms with Crippen LogP contribution in [0.3, 0.4) is 0 Å². The third-order valence-corrected chi connectivity index (χ3v) is 3.76. The Kier molecular flexibility index (Phi) is 1.36. The molecule has 0 bridgehead atoms. The average Bonchev–Trinajstić information content (AvgIpc) is 2.59. The quantitative estimate of drug-likeness (QED) is 0.589.